The number of rotatable bonds is 4. The van der Waals surface area contributed by atoms with Crippen molar-refractivity contribution in [2.45, 2.75) is 9.79 Å². The minimum Gasteiger partial charge on any atom is -0.321 e. The number of anilines is 1. The maximum atomic E-state index is 12.6. The molecule has 3 nitrogen and oxygen atoms in total. The fourth-order valence-electron chi connectivity index (χ4n) is 2.31. The van der Waals surface area contributed by atoms with Crippen LogP contribution in [0.1, 0.15) is 15.9 Å². The number of halogens is 3. The summed E-state index contributed by atoms with van der Waals surface area (Å²) in [6.45, 7) is 0. The van der Waals surface area contributed by atoms with Crippen LogP contribution in [0.25, 0.3) is 0 Å². The van der Waals surface area contributed by atoms with E-state index in [2.05, 4.69) is 11.4 Å². The second-order valence-electron chi connectivity index (χ2n) is 5.41. The smallest absolute Gasteiger partial charge is 0.257 e. The lowest BCUT2D eigenvalue weighted by molar-refractivity contribution is 0.102. The van der Waals surface area contributed by atoms with Gasteiger partial charge in [-0.15, -0.1) is 0 Å². The second-order valence-corrected chi connectivity index (χ2v) is 7.68. The molecule has 27 heavy (non-hydrogen) atoms. The van der Waals surface area contributed by atoms with Gasteiger partial charge < -0.3 is 5.32 Å². The molecule has 0 spiro atoms. The van der Waals surface area contributed by atoms with Gasteiger partial charge in [-0.3, -0.25) is 4.79 Å². The van der Waals surface area contributed by atoms with E-state index in [0.717, 1.165) is 0 Å². The molecular formula is C20H11Cl3N2OS. The maximum Gasteiger partial charge on any atom is 0.257 e. The molecule has 1 amide bonds. The van der Waals surface area contributed by atoms with Crippen molar-refractivity contribution in [1.29, 1.82) is 5.26 Å². The number of hydrogen-bond acceptors (Lipinski definition) is 3. The van der Waals surface area contributed by atoms with Gasteiger partial charge in [0.2, 0.25) is 0 Å². The summed E-state index contributed by atoms with van der Waals surface area (Å²) >= 11 is 19.9. The Kier molecular flexibility index (Phi) is 6.30. The van der Waals surface area contributed by atoms with Crippen LogP contribution in [0, 0.1) is 11.3 Å². The molecule has 0 aliphatic heterocycles. The molecule has 0 unspecified atom stereocenters. The van der Waals surface area contributed by atoms with Crippen LogP contribution in [0.2, 0.25) is 15.1 Å². The van der Waals surface area contributed by atoms with E-state index >= 15 is 0 Å². The number of carbonyl (C=O) groups is 1. The van der Waals surface area contributed by atoms with Crippen LogP contribution in [0.4, 0.5) is 5.69 Å². The fourth-order valence-corrected chi connectivity index (χ4v) is 4.07. The molecule has 3 aromatic carbocycles. The maximum absolute atomic E-state index is 12.6. The van der Waals surface area contributed by atoms with Crippen LogP contribution in [0.5, 0.6) is 0 Å². The summed E-state index contributed by atoms with van der Waals surface area (Å²) in [6.07, 6.45) is 0. The quantitative estimate of drug-likeness (QED) is 0.485. The Morgan fingerprint density at radius 2 is 1.59 bits per heavy atom. The Labute approximate surface area is 175 Å². The average Bonchev–Trinajstić information content (AvgIpc) is 2.66. The van der Waals surface area contributed by atoms with Gasteiger partial charge in [0.15, 0.2) is 0 Å². The van der Waals surface area contributed by atoms with E-state index < -0.39 is 0 Å². The van der Waals surface area contributed by atoms with Crippen molar-refractivity contribution < 1.29 is 4.79 Å². The highest BCUT2D eigenvalue weighted by atomic mass is 35.5. The number of benzene rings is 3. The summed E-state index contributed by atoms with van der Waals surface area (Å²) in [6, 6.07) is 19.0. The Morgan fingerprint density at radius 1 is 0.926 bits per heavy atom. The third kappa shape index (κ3) is 4.58. The Balaban J connectivity index is 1.98. The van der Waals surface area contributed by atoms with Crippen LogP contribution >= 0.6 is 46.6 Å². The Morgan fingerprint density at radius 3 is 2.26 bits per heavy atom. The molecule has 0 fully saturated rings. The van der Waals surface area contributed by atoms with Gasteiger partial charge >= 0.3 is 0 Å². The monoisotopic (exact) mass is 432 g/mol. The molecule has 0 radical (unpaired) electrons. The lowest BCUT2D eigenvalue weighted by Crippen LogP contribution is -2.13. The van der Waals surface area contributed by atoms with E-state index in [4.69, 9.17) is 34.8 Å². The Hall–Kier alpha value is -2.16. The van der Waals surface area contributed by atoms with E-state index in [-0.39, 0.29) is 5.91 Å². The van der Waals surface area contributed by atoms with Gasteiger partial charge in [-0.2, -0.15) is 5.26 Å². The highest BCUT2D eigenvalue weighted by Gasteiger charge is 2.15. The van der Waals surface area contributed by atoms with Crippen LogP contribution in [-0.2, 0) is 0 Å². The minimum atomic E-state index is -0.372. The second kappa shape index (κ2) is 8.69. The van der Waals surface area contributed by atoms with Crippen LogP contribution in [0.3, 0.4) is 0 Å². The molecule has 3 rings (SSSR count). The number of hydrogen-bond donors (Lipinski definition) is 1. The first-order valence-corrected chi connectivity index (χ1v) is 9.66. The number of amides is 1. The lowest BCUT2D eigenvalue weighted by atomic mass is 10.2. The van der Waals surface area contributed by atoms with Crippen LogP contribution in [-0.4, -0.2) is 5.91 Å². The molecule has 134 valence electrons. The van der Waals surface area contributed by atoms with E-state index in [1.54, 1.807) is 60.7 Å². The number of carbonyl (C=O) groups excluding carboxylic acids is 1. The molecule has 0 saturated carbocycles. The molecule has 0 aromatic heterocycles. The van der Waals surface area contributed by atoms with E-state index in [9.17, 15) is 10.1 Å². The molecule has 3 aromatic rings. The largest absolute Gasteiger partial charge is 0.321 e. The zero-order valence-corrected chi connectivity index (χ0v) is 16.8. The van der Waals surface area contributed by atoms with Gasteiger partial charge in [-0.1, -0.05) is 64.8 Å². The third-order valence-electron chi connectivity index (χ3n) is 3.61. The third-order valence-corrected chi connectivity index (χ3v) is 6.01. The Bertz CT molecular complexity index is 1040. The predicted molar refractivity (Wildman–Crippen MR) is 111 cm³/mol. The first-order valence-electron chi connectivity index (χ1n) is 7.71. The molecule has 1 N–H and O–H groups in total. The van der Waals surface area contributed by atoms with Crippen molar-refractivity contribution >= 4 is 58.2 Å². The average molecular weight is 434 g/mol. The summed E-state index contributed by atoms with van der Waals surface area (Å²) in [5.41, 5.74) is 1.23. The molecule has 7 heteroatoms. The van der Waals surface area contributed by atoms with Crippen molar-refractivity contribution in [2.75, 3.05) is 5.32 Å². The topological polar surface area (TPSA) is 52.9 Å². The number of nitrogens with one attached hydrogen (secondary N) is 1. The summed E-state index contributed by atoms with van der Waals surface area (Å²) in [7, 11) is 0. The molecule has 0 atom stereocenters. The summed E-state index contributed by atoms with van der Waals surface area (Å²) in [4.78, 5) is 14.0. The van der Waals surface area contributed by atoms with Crippen LogP contribution in [0.15, 0.2) is 70.5 Å². The summed E-state index contributed by atoms with van der Waals surface area (Å²) in [5, 5.41) is 13.4. The number of nitriles is 1. The van der Waals surface area contributed by atoms with E-state index in [1.165, 1.54) is 11.8 Å². The first-order chi connectivity index (χ1) is 13.0. The highest BCUT2D eigenvalue weighted by molar-refractivity contribution is 7.99. The summed E-state index contributed by atoms with van der Waals surface area (Å²) in [5.74, 6) is -0.372. The zero-order valence-electron chi connectivity index (χ0n) is 13.7. The van der Waals surface area contributed by atoms with Crippen molar-refractivity contribution in [3.8, 4) is 6.07 Å². The first kappa shape index (κ1) is 19.6. The number of nitrogens with zero attached hydrogens (tertiary/aromatic N) is 1. The predicted octanol–water partition coefficient (Wildman–Crippen LogP) is 6.92. The summed E-state index contributed by atoms with van der Waals surface area (Å²) < 4.78 is 0. The normalized spacial score (nSPS) is 10.3. The zero-order chi connectivity index (χ0) is 19.4. The molecule has 0 aliphatic rings. The van der Waals surface area contributed by atoms with Gasteiger partial charge in [-0.05, 0) is 42.5 Å². The highest BCUT2D eigenvalue weighted by Crippen LogP contribution is 2.41. The van der Waals surface area contributed by atoms with E-state index in [0.29, 0.717) is 41.7 Å². The van der Waals surface area contributed by atoms with Gasteiger partial charge in [0.1, 0.15) is 0 Å². The minimum absolute atomic E-state index is 0.341. The molecule has 0 heterocycles. The van der Waals surface area contributed by atoms with Crippen LogP contribution < -0.4 is 5.32 Å². The molecular weight excluding hydrogens is 423 g/mol. The molecule has 0 saturated heterocycles. The van der Waals surface area contributed by atoms with Crippen molar-refractivity contribution in [2.24, 2.45) is 0 Å². The molecule has 0 bridgehead atoms. The van der Waals surface area contributed by atoms with Crippen molar-refractivity contribution in [1.82, 2.24) is 0 Å². The SMILES string of the molecule is N#Cc1ccc(Sc2c(Cl)cccc2Cl)c(NC(=O)c2ccccc2Cl)c1. The van der Waals surface area contributed by atoms with Gasteiger partial charge in [0, 0.05) is 9.79 Å². The van der Waals surface area contributed by atoms with Crippen molar-refractivity contribution in [3.63, 3.8) is 0 Å². The van der Waals surface area contributed by atoms with E-state index in [1.807, 2.05) is 0 Å². The standard InChI is InChI=1S/C20H11Cl3N2OS/c21-14-5-2-1-4-13(14)20(26)25-17-10-12(11-24)8-9-18(17)27-19-15(22)6-3-7-16(19)23/h1-10H,(H,25,26). The van der Waals surface area contributed by atoms with Gasteiger partial charge in [-0.25, -0.2) is 0 Å². The van der Waals surface area contributed by atoms with Gasteiger partial charge in [0.25, 0.3) is 5.91 Å². The lowest BCUT2D eigenvalue weighted by Gasteiger charge is -2.13. The van der Waals surface area contributed by atoms with Gasteiger partial charge in [0.05, 0.1) is 38.0 Å². The van der Waals surface area contributed by atoms with Crippen molar-refractivity contribution in [3.05, 3.63) is 86.9 Å². The molecule has 0 aliphatic carbocycles. The fraction of sp³-hybridized carbons (Fsp3) is 0.